The molecule has 0 bridgehead atoms. The van der Waals surface area contributed by atoms with Crippen molar-refractivity contribution in [3.8, 4) is 22.6 Å². The van der Waals surface area contributed by atoms with Crippen molar-refractivity contribution in [3.63, 3.8) is 0 Å². The van der Waals surface area contributed by atoms with Crippen LogP contribution in [0.25, 0.3) is 22.1 Å². The van der Waals surface area contributed by atoms with Crippen LogP contribution in [0.3, 0.4) is 0 Å². The van der Waals surface area contributed by atoms with Gasteiger partial charge in [-0.15, -0.1) is 0 Å². The van der Waals surface area contributed by atoms with Crippen molar-refractivity contribution in [1.29, 1.82) is 0 Å². The summed E-state index contributed by atoms with van der Waals surface area (Å²) in [5, 5.41) is 28.3. The number of hydrogen-bond donors (Lipinski definition) is 3. The number of fused-ring (bicyclic) bond motifs is 1. The first-order chi connectivity index (χ1) is 14.0. The van der Waals surface area contributed by atoms with Gasteiger partial charge in [-0.2, -0.15) is 0 Å². The van der Waals surface area contributed by atoms with Gasteiger partial charge in [0, 0.05) is 6.07 Å². The third kappa shape index (κ3) is 4.01. The number of benzene rings is 3. The smallest absolute Gasteiger partial charge is 0.488 e. The summed E-state index contributed by atoms with van der Waals surface area (Å²) in [6.07, 6.45) is 1.40. The molecule has 0 spiro atoms. The second kappa shape index (κ2) is 7.83. The van der Waals surface area contributed by atoms with Gasteiger partial charge in [0.1, 0.15) is 30.0 Å². The summed E-state index contributed by atoms with van der Waals surface area (Å²) < 4.78 is 11.4. The van der Waals surface area contributed by atoms with Gasteiger partial charge < -0.3 is 24.3 Å². The molecule has 29 heavy (non-hydrogen) atoms. The Morgan fingerprint density at radius 3 is 2.52 bits per heavy atom. The van der Waals surface area contributed by atoms with E-state index in [9.17, 15) is 19.9 Å². The molecule has 144 valence electrons. The van der Waals surface area contributed by atoms with E-state index >= 15 is 0 Å². The lowest BCUT2D eigenvalue weighted by Gasteiger charge is -2.09. The first kappa shape index (κ1) is 18.8. The number of rotatable bonds is 5. The fourth-order valence-electron chi connectivity index (χ4n) is 3.05. The summed E-state index contributed by atoms with van der Waals surface area (Å²) in [6.45, 7) is 0.224. The van der Waals surface area contributed by atoms with E-state index in [1.165, 1.54) is 18.4 Å². The topological polar surface area (TPSA) is 100 Å². The highest BCUT2D eigenvalue weighted by Crippen LogP contribution is 2.24. The SMILES string of the molecule is O=c1c(-c2ccc(O)cc2)coc2cc(OCc3cccc(B(O)O)c3)ccc12. The Morgan fingerprint density at radius 1 is 0.966 bits per heavy atom. The maximum atomic E-state index is 12.8. The molecular weight excluding hydrogens is 371 g/mol. The van der Waals surface area contributed by atoms with Crippen molar-refractivity contribution in [1.82, 2.24) is 0 Å². The molecule has 0 aliphatic heterocycles. The van der Waals surface area contributed by atoms with E-state index in [1.807, 2.05) is 6.07 Å². The minimum absolute atomic E-state index is 0.125. The van der Waals surface area contributed by atoms with E-state index in [0.717, 1.165) is 5.56 Å². The Bertz CT molecular complexity index is 1210. The highest BCUT2D eigenvalue weighted by molar-refractivity contribution is 6.58. The third-order valence-electron chi connectivity index (χ3n) is 4.58. The van der Waals surface area contributed by atoms with Crippen molar-refractivity contribution in [3.05, 3.63) is 88.8 Å². The Morgan fingerprint density at radius 2 is 1.76 bits per heavy atom. The van der Waals surface area contributed by atoms with Crippen LogP contribution in [0.4, 0.5) is 0 Å². The van der Waals surface area contributed by atoms with Gasteiger partial charge in [-0.05, 0) is 40.9 Å². The van der Waals surface area contributed by atoms with Crippen LogP contribution in [0, 0.1) is 0 Å². The zero-order valence-electron chi connectivity index (χ0n) is 15.3. The van der Waals surface area contributed by atoms with Gasteiger partial charge in [0.05, 0.1) is 10.9 Å². The predicted molar refractivity (Wildman–Crippen MR) is 110 cm³/mol. The van der Waals surface area contributed by atoms with Gasteiger partial charge in [0.15, 0.2) is 5.43 Å². The van der Waals surface area contributed by atoms with Crippen LogP contribution >= 0.6 is 0 Å². The quantitative estimate of drug-likeness (QED) is 0.454. The van der Waals surface area contributed by atoms with Crippen LogP contribution in [-0.4, -0.2) is 22.3 Å². The highest BCUT2D eigenvalue weighted by atomic mass is 16.5. The standard InChI is InChI=1S/C22H17BO6/c24-17-6-4-15(5-7-17)20-13-29-21-11-18(8-9-19(21)22(20)25)28-12-14-2-1-3-16(10-14)23(26)27/h1-11,13,24,26-27H,12H2. The molecule has 1 heterocycles. The molecule has 1 aromatic heterocycles. The minimum atomic E-state index is -1.53. The van der Waals surface area contributed by atoms with Crippen molar-refractivity contribution in [2.45, 2.75) is 6.61 Å². The Hall–Kier alpha value is -3.55. The molecular formula is C22H17BO6. The van der Waals surface area contributed by atoms with Gasteiger partial charge >= 0.3 is 7.12 Å². The molecule has 3 aromatic carbocycles. The summed E-state index contributed by atoms with van der Waals surface area (Å²) >= 11 is 0. The lowest BCUT2D eigenvalue weighted by atomic mass is 9.80. The Kier molecular flexibility index (Phi) is 5.08. The van der Waals surface area contributed by atoms with E-state index in [2.05, 4.69) is 0 Å². The molecule has 0 amide bonds. The van der Waals surface area contributed by atoms with Crippen molar-refractivity contribution < 1.29 is 24.3 Å². The first-order valence-electron chi connectivity index (χ1n) is 8.94. The molecule has 0 aliphatic carbocycles. The van der Waals surface area contributed by atoms with E-state index in [4.69, 9.17) is 9.15 Å². The fraction of sp³-hybridized carbons (Fsp3) is 0.0455. The maximum absolute atomic E-state index is 12.8. The minimum Gasteiger partial charge on any atom is -0.508 e. The first-order valence-corrected chi connectivity index (χ1v) is 8.94. The molecule has 0 radical (unpaired) electrons. The lowest BCUT2D eigenvalue weighted by molar-refractivity contribution is 0.306. The monoisotopic (exact) mass is 388 g/mol. The molecule has 0 unspecified atom stereocenters. The number of phenolic OH excluding ortho intramolecular Hbond substituents is 1. The highest BCUT2D eigenvalue weighted by Gasteiger charge is 2.12. The molecule has 7 heteroatoms. The normalized spacial score (nSPS) is 10.8. The third-order valence-corrected chi connectivity index (χ3v) is 4.58. The van der Waals surface area contributed by atoms with Crippen LogP contribution in [0.5, 0.6) is 11.5 Å². The van der Waals surface area contributed by atoms with Gasteiger partial charge in [0.2, 0.25) is 0 Å². The summed E-state index contributed by atoms with van der Waals surface area (Å²) in [5.74, 6) is 0.646. The molecule has 6 nitrogen and oxygen atoms in total. The van der Waals surface area contributed by atoms with Crippen molar-refractivity contribution >= 4 is 23.6 Å². The average molecular weight is 388 g/mol. The lowest BCUT2D eigenvalue weighted by Crippen LogP contribution is -2.29. The van der Waals surface area contributed by atoms with E-state index in [-0.39, 0.29) is 17.8 Å². The van der Waals surface area contributed by atoms with Gasteiger partial charge in [-0.25, -0.2) is 0 Å². The van der Waals surface area contributed by atoms with Gasteiger partial charge in [0.25, 0.3) is 0 Å². The fourth-order valence-corrected chi connectivity index (χ4v) is 3.05. The van der Waals surface area contributed by atoms with E-state index < -0.39 is 7.12 Å². The summed E-state index contributed by atoms with van der Waals surface area (Å²) in [7, 11) is -1.53. The zero-order chi connectivity index (χ0) is 20.4. The molecule has 0 atom stereocenters. The van der Waals surface area contributed by atoms with Crippen LogP contribution < -0.4 is 15.6 Å². The van der Waals surface area contributed by atoms with Crippen LogP contribution in [-0.2, 0) is 6.61 Å². The number of phenols is 1. The van der Waals surface area contributed by atoms with Crippen molar-refractivity contribution in [2.75, 3.05) is 0 Å². The van der Waals surface area contributed by atoms with Gasteiger partial charge in [-0.3, -0.25) is 4.79 Å². The molecule has 0 aliphatic rings. The number of hydrogen-bond acceptors (Lipinski definition) is 6. The van der Waals surface area contributed by atoms with Crippen LogP contribution in [0.2, 0.25) is 0 Å². The van der Waals surface area contributed by atoms with Crippen LogP contribution in [0.15, 0.2) is 82.2 Å². The summed E-state index contributed by atoms with van der Waals surface area (Å²) in [4.78, 5) is 12.8. The summed E-state index contributed by atoms with van der Waals surface area (Å²) in [5.41, 5.74) is 2.45. The van der Waals surface area contributed by atoms with E-state index in [1.54, 1.807) is 48.5 Å². The average Bonchev–Trinajstić information content (AvgIpc) is 2.73. The second-order valence-electron chi connectivity index (χ2n) is 6.59. The molecule has 0 saturated heterocycles. The Labute approximate surface area is 166 Å². The van der Waals surface area contributed by atoms with Crippen LogP contribution in [0.1, 0.15) is 5.56 Å². The van der Waals surface area contributed by atoms with Crippen molar-refractivity contribution in [2.24, 2.45) is 0 Å². The van der Waals surface area contributed by atoms with E-state index in [0.29, 0.717) is 33.3 Å². The largest absolute Gasteiger partial charge is 0.508 e. The molecule has 3 N–H and O–H groups in total. The molecule has 4 aromatic rings. The maximum Gasteiger partial charge on any atom is 0.488 e. The number of ether oxygens (including phenoxy) is 1. The molecule has 4 rings (SSSR count). The Balaban J connectivity index is 1.58. The predicted octanol–water partition coefficient (Wildman–Crippen LogP) is 2.42. The second-order valence-corrected chi connectivity index (χ2v) is 6.59. The molecule has 0 saturated carbocycles. The zero-order valence-corrected chi connectivity index (χ0v) is 15.3. The summed E-state index contributed by atoms with van der Waals surface area (Å²) in [6, 6.07) is 18.1. The van der Waals surface area contributed by atoms with Gasteiger partial charge in [-0.1, -0.05) is 36.4 Å². The molecule has 0 fully saturated rings. The number of aromatic hydroxyl groups is 1.